The number of ether oxygens (including phenoxy) is 1. The first-order chi connectivity index (χ1) is 13.5. The van der Waals surface area contributed by atoms with Gasteiger partial charge in [-0.05, 0) is 67.9 Å². The fraction of sp³-hybridized carbons (Fsp3) is 0.182. The average Bonchev–Trinajstić information content (AvgIpc) is 2.69. The molecule has 0 aliphatic heterocycles. The van der Waals surface area contributed by atoms with E-state index in [0.717, 1.165) is 22.7 Å². The molecule has 0 bridgehead atoms. The van der Waals surface area contributed by atoms with Gasteiger partial charge in [-0.15, -0.1) is 0 Å². The second-order valence-electron chi connectivity index (χ2n) is 6.55. The van der Waals surface area contributed by atoms with Gasteiger partial charge in [-0.3, -0.25) is 9.78 Å². The molecule has 0 saturated heterocycles. The minimum absolute atomic E-state index is 0.132. The molecule has 1 heterocycles. The van der Waals surface area contributed by atoms with Crippen molar-refractivity contribution in [2.75, 3.05) is 5.32 Å². The van der Waals surface area contributed by atoms with Gasteiger partial charge >= 0.3 is 0 Å². The van der Waals surface area contributed by atoms with E-state index in [1.54, 1.807) is 24.4 Å². The number of nitrogens with zero attached hydrogens (tertiary/aromatic N) is 1. The molecule has 0 aliphatic rings. The van der Waals surface area contributed by atoms with Crippen LogP contribution in [0.2, 0.25) is 5.02 Å². The van der Waals surface area contributed by atoms with Crippen molar-refractivity contribution in [1.29, 1.82) is 0 Å². The summed E-state index contributed by atoms with van der Waals surface area (Å²) < 4.78 is 5.64. The lowest BCUT2D eigenvalue weighted by atomic mass is 10.2. The Morgan fingerprint density at radius 3 is 2.43 bits per heavy atom. The number of aromatic nitrogens is 1. The SMILES string of the molecule is CC(C)Oc1ccc(Nc2ccnc(C(=O)NCc3ccc(Cl)cc3)c2)cc1. The maximum atomic E-state index is 12.4. The first-order valence-corrected chi connectivity index (χ1v) is 9.40. The van der Waals surface area contributed by atoms with Crippen LogP contribution >= 0.6 is 11.6 Å². The van der Waals surface area contributed by atoms with Crippen LogP contribution in [-0.2, 0) is 6.54 Å². The van der Waals surface area contributed by atoms with Gasteiger partial charge in [-0.1, -0.05) is 23.7 Å². The fourth-order valence-electron chi connectivity index (χ4n) is 2.56. The van der Waals surface area contributed by atoms with Gasteiger partial charge in [-0.2, -0.15) is 0 Å². The first-order valence-electron chi connectivity index (χ1n) is 9.02. The molecule has 3 rings (SSSR count). The number of hydrogen-bond donors (Lipinski definition) is 2. The molecule has 1 aromatic heterocycles. The van der Waals surface area contributed by atoms with Gasteiger partial charge in [-0.25, -0.2) is 0 Å². The monoisotopic (exact) mass is 395 g/mol. The summed E-state index contributed by atoms with van der Waals surface area (Å²) in [6, 6.07) is 18.5. The van der Waals surface area contributed by atoms with Crippen molar-refractivity contribution in [3.05, 3.63) is 83.1 Å². The lowest BCUT2D eigenvalue weighted by Gasteiger charge is -2.11. The van der Waals surface area contributed by atoms with Gasteiger partial charge in [0.1, 0.15) is 11.4 Å². The van der Waals surface area contributed by atoms with Gasteiger partial charge in [0.15, 0.2) is 0 Å². The van der Waals surface area contributed by atoms with Gasteiger partial charge in [0.2, 0.25) is 0 Å². The van der Waals surface area contributed by atoms with Crippen LogP contribution in [0.1, 0.15) is 29.9 Å². The molecule has 2 aromatic carbocycles. The third-order valence-corrected chi connectivity index (χ3v) is 4.13. The van der Waals surface area contributed by atoms with E-state index in [1.165, 1.54) is 0 Å². The Bertz CT molecular complexity index is 925. The van der Waals surface area contributed by atoms with Gasteiger partial charge in [0, 0.05) is 29.1 Å². The summed E-state index contributed by atoms with van der Waals surface area (Å²) in [6.45, 7) is 4.39. The molecule has 0 unspecified atom stereocenters. The number of rotatable bonds is 7. The van der Waals surface area contributed by atoms with E-state index >= 15 is 0 Å². The van der Waals surface area contributed by atoms with Crippen molar-refractivity contribution in [3.8, 4) is 5.75 Å². The zero-order valence-corrected chi connectivity index (χ0v) is 16.5. The number of hydrogen-bond acceptors (Lipinski definition) is 4. The molecule has 5 nitrogen and oxygen atoms in total. The summed E-state index contributed by atoms with van der Waals surface area (Å²) in [5.74, 6) is 0.580. The number of anilines is 2. The molecule has 6 heteroatoms. The van der Waals surface area contributed by atoms with Crippen molar-refractivity contribution in [3.63, 3.8) is 0 Å². The van der Waals surface area contributed by atoms with E-state index in [4.69, 9.17) is 16.3 Å². The normalized spacial score (nSPS) is 10.6. The third-order valence-electron chi connectivity index (χ3n) is 3.87. The van der Waals surface area contributed by atoms with Crippen LogP contribution in [0.25, 0.3) is 0 Å². The Morgan fingerprint density at radius 2 is 1.75 bits per heavy atom. The second kappa shape index (κ2) is 9.24. The predicted octanol–water partition coefficient (Wildman–Crippen LogP) is 5.20. The van der Waals surface area contributed by atoms with Crippen molar-refractivity contribution in [1.82, 2.24) is 10.3 Å². The lowest BCUT2D eigenvalue weighted by molar-refractivity contribution is 0.0946. The van der Waals surface area contributed by atoms with E-state index in [2.05, 4.69) is 15.6 Å². The molecule has 1 amide bonds. The van der Waals surface area contributed by atoms with E-state index < -0.39 is 0 Å². The maximum absolute atomic E-state index is 12.4. The number of amides is 1. The number of halogens is 1. The topological polar surface area (TPSA) is 63.2 Å². The number of carbonyl (C=O) groups is 1. The molecule has 0 atom stereocenters. The van der Waals surface area contributed by atoms with E-state index in [1.807, 2.05) is 56.3 Å². The quantitative estimate of drug-likeness (QED) is 0.577. The first kappa shape index (κ1) is 19.7. The summed E-state index contributed by atoms with van der Waals surface area (Å²) in [5.41, 5.74) is 2.99. The zero-order chi connectivity index (χ0) is 19.9. The van der Waals surface area contributed by atoms with Crippen LogP contribution < -0.4 is 15.4 Å². The lowest BCUT2D eigenvalue weighted by Crippen LogP contribution is -2.23. The number of benzene rings is 2. The van der Waals surface area contributed by atoms with Crippen LogP contribution in [-0.4, -0.2) is 17.0 Å². The molecule has 0 saturated carbocycles. The molecule has 144 valence electrons. The van der Waals surface area contributed by atoms with Crippen molar-refractivity contribution < 1.29 is 9.53 Å². The molecular weight excluding hydrogens is 374 g/mol. The number of nitrogens with one attached hydrogen (secondary N) is 2. The Labute approximate surface area is 169 Å². The molecule has 28 heavy (non-hydrogen) atoms. The van der Waals surface area contributed by atoms with Gasteiger partial charge in [0.05, 0.1) is 6.10 Å². The number of carbonyl (C=O) groups excluding carboxylic acids is 1. The smallest absolute Gasteiger partial charge is 0.270 e. The minimum Gasteiger partial charge on any atom is -0.491 e. The third kappa shape index (κ3) is 5.72. The molecule has 2 N–H and O–H groups in total. The Hall–Kier alpha value is -3.05. The van der Waals surface area contributed by atoms with Crippen molar-refractivity contribution in [2.45, 2.75) is 26.5 Å². The summed E-state index contributed by atoms with van der Waals surface area (Å²) in [6.07, 6.45) is 1.74. The van der Waals surface area contributed by atoms with Crippen molar-refractivity contribution in [2.24, 2.45) is 0 Å². The Balaban J connectivity index is 1.61. The summed E-state index contributed by atoms with van der Waals surface area (Å²) >= 11 is 5.87. The Morgan fingerprint density at radius 1 is 1.04 bits per heavy atom. The van der Waals surface area contributed by atoms with Crippen LogP contribution in [0, 0.1) is 0 Å². The molecule has 0 fully saturated rings. The van der Waals surface area contributed by atoms with Crippen molar-refractivity contribution >= 4 is 28.9 Å². The fourth-order valence-corrected chi connectivity index (χ4v) is 2.69. The van der Waals surface area contributed by atoms with Gasteiger partial charge < -0.3 is 15.4 Å². The highest BCUT2D eigenvalue weighted by Gasteiger charge is 2.08. The standard InChI is InChI=1S/C22H22ClN3O2/c1-15(2)28-20-9-7-18(8-10-20)26-19-11-12-24-21(13-19)22(27)25-14-16-3-5-17(23)6-4-16/h3-13,15H,14H2,1-2H3,(H,24,26)(H,25,27). The molecule has 0 radical (unpaired) electrons. The second-order valence-corrected chi connectivity index (χ2v) is 6.99. The summed E-state index contributed by atoms with van der Waals surface area (Å²) in [7, 11) is 0. The highest BCUT2D eigenvalue weighted by Crippen LogP contribution is 2.21. The Kier molecular flexibility index (Phi) is 6.50. The predicted molar refractivity (Wildman–Crippen MR) is 112 cm³/mol. The molecular formula is C22H22ClN3O2. The van der Waals surface area contributed by atoms with Crippen LogP contribution in [0.5, 0.6) is 5.75 Å². The molecule has 0 aliphatic carbocycles. The van der Waals surface area contributed by atoms with Gasteiger partial charge in [0.25, 0.3) is 5.91 Å². The average molecular weight is 396 g/mol. The van der Waals surface area contributed by atoms with Crippen LogP contribution in [0.4, 0.5) is 11.4 Å². The summed E-state index contributed by atoms with van der Waals surface area (Å²) in [5, 5.41) is 6.80. The maximum Gasteiger partial charge on any atom is 0.270 e. The molecule has 0 spiro atoms. The van der Waals surface area contributed by atoms with Crippen LogP contribution in [0.15, 0.2) is 66.9 Å². The van der Waals surface area contributed by atoms with E-state index in [-0.39, 0.29) is 12.0 Å². The van der Waals surface area contributed by atoms with E-state index in [9.17, 15) is 4.79 Å². The molecule has 3 aromatic rings. The highest BCUT2D eigenvalue weighted by molar-refractivity contribution is 6.30. The number of pyridine rings is 1. The zero-order valence-electron chi connectivity index (χ0n) is 15.8. The minimum atomic E-state index is -0.237. The van der Waals surface area contributed by atoms with Crippen LogP contribution in [0.3, 0.4) is 0 Å². The summed E-state index contributed by atoms with van der Waals surface area (Å²) in [4.78, 5) is 16.6. The van der Waals surface area contributed by atoms with E-state index in [0.29, 0.717) is 17.3 Å². The largest absolute Gasteiger partial charge is 0.491 e. The highest BCUT2D eigenvalue weighted by atomic mass is 35.5.